The molecule has 3 nitrogen and oxygen atoms in total. The van der Waals surface area contributed by atoms with Gasteiger partial charge in [-0.1, -0.05) is 6.07 Å². The summed E-state index contributed by atoms with van der Waals surface area (Å²) in [6, 6.07) is 4.76. The summed E-state index contributed by atoms with van der Waals surface area (Å²) in [4.78, 5) is 12.0. The minimum Gasteiger partial charge on any atom is -0.491 e. The molecular formula is C16H13F4NO2. The summed E-state index contributed by atoms with van der Waals surface area (Å²) >= 11 is 0. The molecule has 2 aromatic rings. The van der Waals surface area contributed by atoms with Crippen molar-refractivity contribution >= 4 is 11.6 Å². The van der Waals surface area contributed by atoms with Gasteiger partial charge in [0.25, 0.3) is 5.91 Å². The first-order chi connectivity index (χ1) is 10.8. The van der Waals surface area contributed by atoms with Gasteiger partial charge in [-0.25, -0.2) is 8.78 Å². The topological polar surface area (TPSA) is 38.3 Å². The second kappa shape index (κ2) is 6.28. The second-order valence-corrected chi connectivity index (χ2v) is 4.92. The molecule has 0 aliphatic rings. The van der Waals surface area contributed by atoms with Crippen molar-refractivity contribution in [2.45, 2.75) is 13.8 Å². The Labute approximate surface area is 129 Å². The summed E-state index contributed by atoms with van der Waals surface area (Å²) in [6.45, 7) is 3.62. The lowest BCUT2D eigenvalue weighted by atomic mass is 10.1. The molecule has 0 atom stereocenters. The molecule has 0 radical (unpaired) electrons. The molecule has 2 rings (SSSR count). The maximum absolute atomic E-state index is 13.9. The zero-order valence-electron chi connectivity index (χ0n) is 12.6. The van der Waals surface area contributed by atoms with Crippen molar-refractivity contribution in [2.24, 2.45) is 0 Å². The lowest BCUT2D eigenvalue weighted by Gasteiger charge is -2.12. The molecular weight excluding hydrogens is 314 g/mol. The quantitative estimate of drug-likeness (QED) is 0.680. The van der Waals surface area contributed by atoms with Crippen LogP contribution in [-0.2, 0) is 0 Å². The van der Waals surface area contributed by atoms with Crippen LogP contribution < -0.4 is 10.1 Å². The van der Waals surface area contributed by atoms with Gasteiger partial charge in [-0.05, 0) is 37.1 Å². The Morgan fingerprint density at radius 1 is 0.957 bits per heavy atom. The van der Waals surface area contributed by atoms with Crippen LogP contribution in [0.15, 0.2) is 18.2 Å². The average Bonchev–Trinajstić information content (AvgIpc) is 2.50. The van der Waals surface area contributed by atoms with Crippen LogP contribution >= 0.6 is 0 Å². The van der Waals surface area contributed by atoms with Crippen molar-refractivity contribution in [1.82, 2.24) is 0 Å². The average molecular weight is 327 g/mol. The molecule has 0 bridgehead atoms. The van der Waals surface area contributed by atoms with E-state index in [-0.39, 0.29) is 5.69 Å². The van der Waals surface area contributed by atoms with Crippen molar-refractivity contribution in [1.29, 1.82) is 0 Å². The van der Waals surface area contributed by atoms with E-state index in [0.717, 1.165) is 18.2 Å². The number of halogens is 4. The Morgan fingerprint density at radius 3 is 2.00 bits per heavy atom. The Morgan fingerprint density at radius 2 is 1.52 bits per heavy atom. The normalized spacial score (nSPS) is 10.6. The van der Waals surface area contributed by atoms with E-state index in [1.807, 2.05) is 6.92 Å². The molecule has 0 aromatic heterocycles. The maximum Gasteiger partial charge on any atom is 0.261 e. The molecule has 0 spiro atoms. The number of benzene rings is 2. The zero-order chi connectivity index (χ0) is 17.3. The number of hydrogen-bond donors (Lipinski definition) is 1. The molecule has 0 heterocycles. The number of aryl methyl sites for hydroxylation is 2. The Kier molecular flexibility index (Phi) is 4.58. The SMILES string of the molecule is COc1c(F)c(F)c(C(=O)Nc2ccc(C)c(C)c2)c(F)c1F. The van der Waals surface area contributed by atoms with Gasteiger partial charge in [-0.3, -0.25) is 4.79 Å². The molecule has 0 aliphatic heterocycles. The predicted molar refractivity (Wildman–Crippen MR) is 76.7 cm³/mol. The molecule has 1 amide bonds. The minimum absolute atomic E-state index is 0.244. The van der Waals surface area contributed by atoms with Gasteiger partial charge in [0.1, 0.15) is 5.56 Å². The van der Waals surface area contributed by atoms with E-state index in [0.29, 0.717) is 0 Å². The van der Waals surface area contributed by atoms with Crippen molar-refractivity contribution in [3.63, 3.8) is 0 Å². The minimum atomic E-state index is -1.82. The molecule has 1 N–H and O–H groups in total. The number of anilines is 1. The number of hydrogen-bond acceptors (Lipinski definition) is 2. The standard InChI is InChI=1S/C16H13F4NO2/c1-7-4-5-9(6-8(7)2)21-16(22)10-11(17)13(19)15(23-3)14(20)12(10)18/h4-6H,1-3H3,(H,21,22). The van der Waals surface area contributed by atoms with Crippen LogP contribution in [0, 0.1) is 37.1 Å². The van der Waals surface area contributed by atoms with Gasteiger partial charge < -0.3 is 10.1 Å². The van der Waals surface area contributed by atoms with E-state index < -0.39 is 40.5 Å². The van der Waals surface area contributed by atoms with Gasteiger partial charge in [0.15, 0.2) is 17.4 Å². The van der Waals surface area contributed by atoms with E-state index >= 15 is 0 Å². The van der Waals surface area contributed by atoms with Crippen molar-refractivity contribution in [3.8, 4) is 5.75 Å². The first-order valence-corrected chi connectivity index (χ1v) is 6.56. The number of amides is 1. The largest absolute Gasteiger partial charge is 0.491 e. The van der Waals surface area contributed by atoms with E-state index in [9.17, 15) is 22.4 Å². The molecule has 0 saturated heterocycles. The third-order valence-electron chi connectivity index (χ3n) is 3.42. The summed E-state index contributed by atoms with van der Waals surface area (Å²) in [5.41, 5.74) is 0.672. The monoisotopic (exact) mass is 327 g/mol. The van der Waals surface area contributed by atoms with Crippen LogP contribution in [0.25, 0.3) is 0 Å². The van der Waals surface area contributed by atoms with E-state index in [2.05, 4.69) is 10.1 Å². The van der Waals surface area contributed by atoms with Gasteiger partial charge in [-0.15, -0.1) is 0 Å². The highest BCUT2D eigenvalue weighted by Gasteiger charge is 2.30. The van der Waals surface area contributed by atoms with Crippen LogP contribution in [0.4, 0.5) is 23.2 Å². The van der Waals surface area contributed by atoms with Crippen LogP contribution in [0.1, 0.15) is 21.5 Å². The number of methoxy groups -OCH3 is 1. The number of rotatable bonds is 3. The Hall–Kier alpha value is -2.57. The number of nitrogens with one attached hydrogen (secondary N) is 1. The highest BCUT2D eigenvalue weighted by atomic mass is 19.2. The molecule has 0 unspecified atom stereocenters. The van der Waals surface area contributed by atoms with Crippen molar-refractivity contribution < 1.29 is 27.1 Å². The van der Waals surface area contributed by atoms with Gasteiger partial charge in [0, 0.05) is 5.69 Å². The predicted octanol–water partition coefficient (Wildman–Crippen LogP) is 4.12. The molecule has 0 saturated carbocycles. The molecule has 2 aromatic carbocycles. The fourth-order valence-corrected chi connectivity index (χ4v) is 2.00. The van der Waals surface area contributed by atoms with E-state index in [1.165, 1.54) is 6.07 Å². The van der Waals surface area contributed by atoms with Gasteiger partial charge in [0.05, 0.1) is 7.11 Å². The van der Waals surface area contributed by atoms with Crippen molar-refractivity contribution in [2.75, 3.05) is 12.4 Å². The maximum atomic E-state index is 13.9. The van der Waals surface area contributed by atoms with Crippen LogP contribution in [0.5, 0.6) is 5.75 Å². The molecule has 0 fully saturated rings. The second-order valence-electron chi connectivity index (χ2n) is 4.92. The highest BCUT2D eigenvalue weighted by molar-refractivity contribution is 6.04. The summed E-state index contributed by atoms with van der Waals surface area (Å²) in [7, 11) is 0.856. The van der Waals surface area contributed by atoms with E-state index in [1.54, 1.807) is 19.1 Å². The zero-order valence-corrected chi connectivity index (χ0v) is 12.6. The van der Waals surface area contributed by atoms with Crippen molar-refractivity contribution in [3.05, 3.63) is 58.2 Å². The number of carbonyl (C=O) groups is 1. The molecule has 7 heteroatoms. The molecule has 23 heavy (non-hydrogen) atoms. The Balaban J connectivity index is 2.45. The molecule has 0 aliphatic carbocycles. The van der Waals surface area contributed by atoms with Crippen LogP contribution in [0.2, 0.25) is 0 Å². The highest BCUT2D eigenvalue weighted by Crippen LogP contribution is 2.30. The molecule has 122 valence electrons. The van der Waals surface area contributed by atoms with Crippen LogP contribution in [0.3, 0.4) is 0 Å². The first-order valence-electron chi connectivity index (χ1n) is 6.56. The van der Waals surface area contributed by atoms with Gasteiger partial charge in [0.2, 0.25) is 11.6 Å². The smallest absolute Gasteiger partial charge is 0.261 e. The Bertz CT molecular complexity index is 761. The summed E-state index contributed by atoms with van der Waals surface area (Å²) < 4.78 is 59.3. The third kappa shape index (κ3) is 2.99. The summed E-state index contributed by atoms with van der Waals surface area (Å²) in [6.07, 6.45) is 0. The fraction of sp³-hybridized carbons (Fsp3) is 0.188. The number of ether oxygens (including phenoxy) is 1. The fourth-order valence-electron chi connectivity index (χ4n) is 2.00. The number of carbonyl (C=O) groups excluding carboxylic acids is 1. The lowest BCUT2D eigenvalue weighted by molar-refractivity contribution is 0.101. The summed E-state index contributed by atoms with van der Waals surface area (Å²) in [5.74, 6) is -9.69. The third-order valence-corrected chi connectivity index (χ3v) is 3.42. The van der Waals surface area contributed by atoms with Gasteiger partial charge >= 0.3 is 0 Å². The van der Waals surface area contributed by atoms with Crippen LogP contribution in [-0.4, -0.2) is 13.0 Å². The first kappa shape index (κ1) is 16.8. The lowest BCUT2D eigenvalue weighted by Crippen LogP contribution is -2.19. The van der Waals surface area contributed by atoms with Gasteiger partial charge in [-0.2, -0.15) is 8.78 Å². The summed E-state index contributed by atoms with van der Waals surface area (Å²) in [5, 5.41) is 2.21. The van der Waals surface area contributed by atoms with E-state index in [4.69, 9.17) is 0 Å².